The maximum absolute atomic E-state index is 9.67. The first-order valence-corrected chi connectivity index (χ1v) is 6.69. The molecule has 2 nitrogen and oxygen atoms in total. The minimum atomic E-state index is 0.272. The van der Waals surface area contributed by atoms with Crippen LogP contribution in [-0.2, 0) is 0 Å². The van der Waals surface area contributed by atoms with Gasteiger partial charge in [0.05, 0.1) is 6.61 Å². The SMILES string of the molecule is Cc1ccc(C(CO)C2CCCNCC2)cc1. The average Bonchev–Trinajstić information content (AvgIpc) is 2.62. The molecule has 1 aliphatic rings. The largest absolute Gasteiger partial charge is 0.396 e. The smallest absolute Gasteiger partial charge is 0.0502 e. The van der Waals surface area contributed by atoms with Crippen molar-refractivity contribution in [2.75, 3.05) is 19.7 Å². The first-order chi connectivity index (χ1) is 8.31. The minimum Gasteiger partial charge on any atom is -0.396 e. The summed E-state index contributed by atoms with van der Waals surface area (Å²) in [6.45, 7) is 4.59. The second kappa shape index (κ2) is 6.18. The van der Waals surface area contributed by atoms with E-state index in [2.05, 4.69) is 36.5 Å². The van der Waals surface area contributed by atoms with Crippen molar-refractivity contribution in [1.82, 2.24) is 5.32 Å². The number of aliphatic hydroxyl groups excluding tert-OH is 1. The van der Waals surface area contributed by atoms with Crippen LogP contribution in [0.15, 0.2) is 24.3 Å². The minimum absolute atomic E-state index is 0.272. The molecule has 1 saturated heterocycles. The summed E-state index contributed by atoms with van der Waals surface area (Å²) in [6, 6.07) is 8.64. The molecule has 2 atom stereocenters. The van der Waals surface area contributed by atoms with Gasteiger partial charge in [0, 0.05) is 5.92 Å². The van der Waals surface area contributed by atoms with E-state index in [9.17, 15) is 5.11 Å². The Morgan fingerprint density at radius 2 is 2.00 bits per heavy atom. The molecule has 2 rings (SSSR count). The van der Waals surface area contributed by atoms with Gasteiger partial charge in [-0.2, -0.15) is 0 Å². The fourth-order valence-corrected chi connectivity index (χ4v) is 2.79. The molecule has 1 fully saturated rings. The highest BCUT2D eigenvalue weighted by atomic mass is 16.3. The van der Waals surface area contributed by atoms with E-state index in [4.69, 9.17) is 0 Å². The van der Waals surface area contributed by atoms with E-state index in [0.717, 1.165) is 13.1 Å². The molecule has 2 N–H and O–H groups in total. The van der Waals surface area contributed by atoms with Gasteiger partial charge in [0.2, 0.25) is 0 Å². The molecule has 1 aromatic rings. The Balaban J connectivity index is 2.11. The van der Waals surface area contributed by atoms with Crippen molar-refractivity contribution in [2.45, 2.75) is 32.1 Å². The van der Waals surface area contributed by atoms with E-state index in [1.54, 1.807) is 0 Å². The van der Waals surface area contributed by atoms with Gasteiger partial charge in [0.15, 0.2) is 0 Å². The molecule has 2 heteroatoms. The maximum atomic E-state index is 9.67. The molecule has 1 aliphatic heterocycles. The molecule has 0 radical (unpaired) electrons. The maximum Gasteiger partial charge on any atom is 0.0502 e. The Hall–Kier alpha value is -0.860. The van der Waals surface area contributed by atoms with Crippen molar-refractivity contribution in [1.29, 1.82) is 0 Å². The third-order valence-electron chi connectivity index (χ3n) is 3.89. The Morgan fingerprint density at radius 1 is 1.24 bits per heavy atom. The van der Waals surface area contributed by atoms with E-state index < -0.39 is 0 Å². The lowest BCUT2D eigenvalue weighted by Gasteiger charge is -2.24. The number of hydrogen-bond acceptors (Lipinski definition) is 2. The van der Waals surface area contributed by atoms with Gasteiger partial charge < -0.3 is 10.4 Å². The number of aryl methyl sites for hydroxylation is 1. The highest BCUT2D eigenvalue weighted by molar-refractivity contribution is 5.25. The zero-order valence-electron chi connectivity index (χ0n) is 10.7. The van der Waals surface area contributed by atoms with Crippen molar-refractivity contribution in [3.63, 3.8) is 0 Å². The molecule has 0 aliphatic carbocycles. The molecule has 0 amide bonds. The van der Waals surface area contributed by atoms with Gasteiger partial charge in [-0.3, -0.25) is 0 Å². The quantitative estimate of drug-likeness (QED) is 0.840. The summed E-state index contributed by atoms with van der Waals surface area (Å²) in [7, 11) is 0. The summed E-state index contributed by atoms with van der Waals surface area (Å²) in [5, 5.41) is 13.1. The van der Waals surface area contributed by atoms with Gasteiger partial charge in [-0.05, 0) is 50.8 Å². The number of hydrogen-bond donors (Lipinski definition) is 2. The molecular weight excluding hydrogens is 210 g/mol. The topological polar surface area (TPSA) is 32.3 Å². The zero-order chi connectivity index (χ0) is 12.1. The van der Waals surface area contributed by atoms with Crippen LogP contribution in [0.5, 0.6) is 0 Å². The number of aliphatic hydroxyl groups is 1. The molecule has 94 valence electrons. The number of benzene rings is 1. The van der Waals surface area contributed by atoms with E-state index >= 15 is 0 Å². The van der Waals surface area contributed by atoms with Crippen LogP contribution in [0.4, 0.5) is 0 Å². The lowest BCUT2D eigenvalue weighted by molar-refractivity contribution is 0.216. The van der Waals surface area contributed by atoms with Crippen LogP contribution < -0.4 is 5.32 Å². The second-order valence-corrected chi connectivity index (χ2v) is 5.14. The van der Waals surface area contributed by atoms with E-state index in [0.29, 0.717) is 11.8 Å². The molecule has 0 spiro atoms. The van der Waals surface area contributed by atoms with Gasteiger partial charge in [-0.15, -0.1) is 0 Å². The van der Waals surface area contributed by atoms with Crippen LogP contribution in [0.2, 0.25) is 0 Å². The molecule has 0 aromatic heterocycles. The van der Waals surface area contributed by atoms with Gasteiger partial charge in [0.1, 0.15) is 0 Å². The average molecular weight is 233 g/mol. The summed E-state index contributed by atoms with van der Waals surface area (Å²) in [4.78, 5) is 0. The molecule has 1 aromatic carbocycles. The van der Waals surface area contributed by atoms with Crippen molar-refractivity contribution in [3.8, 4) is 0 Å². The van der Waals surface area contributed by atoms with Crippen molar-refractivity contribution in [3.05, 3.63) is 35.4 Å². The second-order valence-electron chi connectivity index (χ2n) is 5.14. The van der Waals surface area contributed by atoms with Crippen molar-refractivity contribution in [2.24, 2.45) is 5.92 Å². The van der Waals surface area contributed by atoms with E-state index in [1.165, 1.54) is 30.4 Å². The Kier molecular flexibility index (Phi) is 4.57. The van der Waals surface area contributed by atoms with Crippen LogP contribution in [0.25, 0.3) is 0 Å². The summed E-state index contributed by atoms with van der Waals surface area (Å²) < 4.78 is 0. The molecule has 17 heavy (non-hydrogen) atoms. The summed E-state index contributed by atoms with van der Waals surface area (Å²) in [5.41, 5.74) is 2.58. The Labute approximate surface area is 104 Å². The number of rotatable bonds is 3. The van der Waals surface area contributed by atoms with Gasteiger partial charge in [-0.25, -0.2) is 0 Å². The summed E-state index contributed by atoms with van der Waals surface area (Å²) in [6.07, 6.45) is 3.64. The van der Waals surface area contributed by atoms with E-state index in [1.807, 2.05) is 0 Å². The van der Waals surface area contributed by atoms with Crippen LogP contribution in [0.1, 0.15) is 36.3 Å². The zero-order valence-corrected chi connectivity index (χ0v) is 10.7. The number of nitrogens with one attached hydrogen (secondary N) is 1. The highest BCUT2D eigenvalue weighted by Gasteiger charge is 2.23. The molecular formula is C15H23NO. The van der Waals surface area contributed by atoms with Crippen LogP contribution in [0.3, 0.4) is 0 Å². The van der Waals surface area contributed by atoms with E-state index in [-0.39, 0.29) is 6.61 Å². The van der Waals surface area contributed by atoms with Gasteiger partial charge >= 0.3 is 0 Å². The Bertz CT molecular complexity index is 325. The lowest BCUT2D eigenvalue weighted by Crippen LogP contribution is -2.19. The molecule has 1 heterocycles. The predicted octanol–water partition coefficient (Wildman–Crippen LogP) is 2.46. The first-order valence-electron chi connectivity index (χ1n) is 6.69. The standard InChI is InChI=1S/C15H23NO/c1-12-4-6-14(7-5-12)15(11-17)13-3-2-9-16-10-8-13/h4-7,13,15-17H,2-3,8-11H2,1H3. The summed E-state index contributed by atoms with van der Waals surface area (Å²) >= 11 is 0. The molecule has 0 saturated carbocycles. The monoisotopic (exact) mass is 233 g/mol. The van der Waals surface area contributed by atoms with Crippen molar-refractivity contribution < 1.29 is 5.11 Å². The Morgan fingerprint density at radius 3 is 2.71 bits per heavy atom. The van der Waals surface area contributed by atoms with Crippen LogP contribution >= 0.6 is 0 Å². The normalized spacial score (nSPS) is 23.1. The van der Waals surface area contributed by atoms with Crippen LogP contribution in [-0.4, -0.2) is 24.8 Å². The molecule has 0 bridgehead atoms. The first kappa shape index (κ1) is 12.6. The third kappa shape index (κ3) is 3.30. The third-order valence-corrected chi connectivity index (χ3v) is 3.89. The predicted molar refractivity (Wildman–Crippen MR) is 71.2 cm³/mol. The summed E-state index contributed by atoms with van der Waals surface area (Å²) in [5.74, 6) is 0.938. The van der Waals surface area contributed by atoms with Crippen LogP contribution in [0, 0.1) is 12.8 Å². The van der Waals surface area contributed by atoms with Gasteiger partial charge in [0.25, 0.3) is 0 Å². The van der Waals surface area contributed by atoms with Gasteiger partial charge in [-0.1, -0.05) is 29.8 Å². The highest BCUT2D eigenvalue weighted by Crippen LogP contribution is 2.31. The van der Waals surface area contributed by atoms with Crippen molar-refractivity contribution >= 4 is 0 Å². The molecule has 2 unspecified atom stereocenters. The fraction of sp³-hybridized carbons (Fsp3) is 0.600. The lowest BCUT2D eigenvalue weighted by atomic mass is 9.82. The fourth-order valence-electron chi connectivity index (χ4n) is 2.79.